The van der Waals surface area contributed by atoms with Gasteiger partial charge in [-0.1, -0.05) is 70.5 Å². The van der Waals surface area contributed by atoms with Crippen LogP contribution in [0.15, 0.2) is 99.5 Å². The van der Waals surface area contributed by atoms with E-state index in [9.17, 15) is 4.79 Å². The van der Waals surface area contributed by atoms with Gasteiger partial charge in [-0.2, -0.15) is 0 Å². The van der Waals surface area contributed by atoms with E-state index in [1.807, 2.05) is 54.6 Å². The lowest BCUT2D eigenvalue weighted by Gasteiger charge is -2.15. The fraction of sp³-hybridized carbons (Fsp3) is 0.0690. The number of halogens is 2. The minimum absolute atomic E-state index is 0.391. The summed E-state index contributed by atoms with van der Waals surface area (Å²) in [6.07, 6.45) is 3.52. The van der Waals surface area contributed by atoms with Crippen LogP contribution in [0.4, 0.5) is 0 Å². The Hall–Kier alpha value is -3.35. The summed E-state index contributed by atoms with van der Waals surface area (Å²) in [4.78, 5) is 12.5. The van der Waals surface area contributed by atoms with E-state index in [-0.39, 0.29) is 0 Å². The molecule has 0 saturated heterocycles. The van der Waals surface area contributed by atoms with E-state index in [4.69, 9.17) is 14.2 Å². The van der Waals surface area contributed by atoms with E-state index in [0.717, 1.165) is 31.0 Å². The summed E-state index contributed by atoms with van der Waals surface area (Å²) >= 11 is 7.03. The number of esters is 1. The zero-order chi connectivity index (χ0) is 24.4. The van der Waals surface area contributed by atoms with E-state index in [2.05, 4.69) is 56.1 Å². The molecule has 0 N–H and O–H groups in total. The van der Waals surface area contributed by atoms with Gasteiger partial charge in [-0.25, -0.2) is 4.79 Å². The molecule has 0 bridgehead atoms. The zero-order valence-electron chi connectivity index (χ0n) is 18.8. The molecule has 1 aliphatic heterocycles. The van der Waals surface area contributed by atoms with Gasteiger partial charge in [0.25, 0.3) is 0 Å². The highest BCUT2D eigenvalue weighted by atomic mass is 79.9. The predicted molar refractivity (Wildman–Crippen MR) is 145 cm³/mol. The van der Waals surface area contributed by atoms with Crippen LogP contribution in [0, 0.1) is 0 Å². The molecule has 4 nitrogen and oxygen atoms in total. The van der Waals surface area contributed by atoms with Crippen molar-refractivity contribution in [1.29, 1.82) is 0 Å². The number of hydrogen-bond donors (Lipinski definition) is 0. The molecule has 0 amide bonds. The number of carbonyl (C=O) groups is 1. The number of methoxy groups -OCH3 is 1. The number of hydrogen-bond acceptors (Lipinski definition) is 4. The Bertz CT molecular complexity index is 1480. The summed E-state index contributed by atoms with van der Waals surface area (Å²) < 4.78 is 19.0. The van der Waals surface area contributed by atoms with Crippen LogP contribution in [-0.2, 0) is 16.1 Å². The molecule has 0 atom stereocenters. The first-order valence-electron chi connectivity index (χ1n) is 10.9. The van der Waals surface area contributed by atoms with Crippen molar-refractivity contribution >= 4 is 60.4 Å². The first kappa shape index (κ1) is 23.4. The van der Waals surface area contributed by atoms with E-state index in [1.54, 1.807) is 19.3 Å². The number of cyclic esters (lactones) is 1. The third-order valence-corrected chi connectivity index (χ3v) is 6.80. The monoisotopic (exact) mass is 590 g/mol. The molecule has 4 aromatic carbocycles. The number of ether oxygens (including phenoxy) is 3. The number of benzene rings is 4. The fourth-order valence-corrected chi connectivity index (χ4v) is 4.79. The molecule has 0 unspecified atom stereocenters. The zero-order valence-corrected chi connectivity index (χ0v) is 21.9. The minimum atomic E-state index is -0.394. The van der Waals surface area contributed by atoms with Crippen LogP contribution < -0.4 is 9.47 Å². The Morgan fingerprint density at radius 1 is 0.943 bits per heavy atom. The van der Waals surface area contributed by atoms with Crippen LogP contribution in [0.2, 0.25) is 0 Å². The van der Waals surface area contributed by atoms with Gasteiger partial charge >= 0.3 is 5.97 Å². The lowest BCUT2D eigenvalue weighted by molar-refractivity contribution is -0.130. The van der Waals surface area contributed by atoms with Gasteiger partial charge in [-0.05, 0) is 74.2 Å². The second kappa shape index (κ2) is 10.1. The maximum Gasteiger partial charge on any atom is 0.343 e. The standard InChI is InChI=1S/C29H20Br2O4/c1-33-27-15-18(13-22-16-26(35-29(22)32)20-9-11-23(30)12-10-20)14-25(31)28(27)34-17-21-7-4-6-19-5-2-3-8-24(19)21/h2-16H,17H2,1H3/b22-13+. The Labute approximate surface area is 220 Å². The summed E-state index contributed by atoms with van der Waals surface area (Å²) in [5, 5.41) is 2.32. The number of rotatable bonds is 6. The fourth-order valence-electron chi connectivity index (χ4n) is 3.96. The number of fused-ring (bicyclic) bond motifs is 1. The quantitative estimate of drug-likeness (QED) is 0.169. The van der Waals surface area contributed by atoms with Crippen LogP contribution in [-0.4, -0.2) is 13.1 Å². The Morgan fingerprint density at radius 3 is 2.51 bits per heavy atom. The van der Waals surface area contributed by atoms with Gasteiger partial charge in [0.05, 0.1) is 17.2 Å². The van der Waals surface area contributed by atoms with Crippen molar-refractivity contribution in [2.75, 3.05) is 7.11 Å². The SMILES string of the molecule is COc1cc(/C=C2\C=C(c3ccc(Br)cc3)OC2=O)cc(Br)c1OCc1cccc2ccccc12. The lowest BCUT2D eigenvalue weighted by Crippen LogP contribution is -2.00. The molecule has 4 aromatic rings. The summed E-state index contributed by atoms with van der Waals surface area (Å²) in [5.74, 6) is 1.29. The third kappa shape index (κ3) is 5.04. The lowest BCUT2D eigenvalue weighted by atomic mass is 10.1. The Balaban J connectivity index is 1.41. The average Bonchev–Trinajstić information content (AvgIpc) is 3.23. The molecule has 5 rings (SSSR count). The van der Waals surface area contributed by atoms with Gasteiger partial charge in [0.1, 0.15) is 12.4 Å². The molecule has 174 valence electrons. The largest absolute Gasteiger partial charge is 0.493 e. The van der Waals surface area contributed by atoms with Gasteiger partial charge in [-0.3, -0.25) is 0 Å². The molecule has 1 aliphatic rings. The molecule has 0 spiro atoms. The molecule has 35 heavy (non-hydrogen) atoms. The molecule has 0 aliphatic carbocycles. The molecular formula is C29H20Br2O4. The molecule has 0 aromatic heterocycles. The first-order chi connectivity index (χ1) is 17.0. The van der Waals surface area contributed by atoms with Crippen molar-refractivity contribution in [3.05, 3.63) is 116 Å². The van der Waals surface area contributed by atoms with Crippen LogP contribution >= 0.6 is 31.9 Å². The van der Waals surface area contributed by atoms with Crippen molar-refractivity contribution in [1.82, 2.24) is 0 Å². The Morgan fingerprint density at radius 2 is 1.71 bits per heavy atom. The second-order valence-corrected chi connectivity index (χ2v) is 9.74. The molecule has 6 heteroatoms. The second-order valence-electron chi connectivity index (χ2n) is 7.97. The van der Waals surface area contributed by atoms with Gasteiger partial charge < -0.3 is 14.2 Å². The predicted octanol–water partition coefficient (Wildman–Crippen LogP) is 7.93. The molecule has 0 fully saturated rings. The van der Waals surface area contributed by atoms with Crippen molar-refractivity contribution in [3.8, 4) is 11.5 Å². The van der Waals surface area contributed by atoms with Crippen molar-refractivity contribution < 1.29 is 19.0 Å². The maximum absolute atomic E-state index is 12.5. The summed E-state index contributed by atoms with van der Waals surface area (Å²) in [7, 11) is 1.60. The highest BCUT2D eigenvalue weighted by molar-refractivity contribution is 9.10. The van der Waals surface area contributed by atoms with Crippen LogP contribution in [0.1, 0.15) is 16.7 Å². The molecule has 1 heterocycles. The van der Waals surface area contributed by atoms with Crippen LogP contribution in [0.3, 0.4) is 0 Å². The normalized spacial score (nSPS) is 14.2. The maximum atomic E-state index is 12.5. The van der Waals surface area contributed by atoms with Crippen molar-refractivity contribution in [2.24, 2.45) is 0 Å². The smallest absolute Gasteiger partial charge is 0.343 e. The van der Waals surface area contributed by atoms with Gasteiger partial charge in [0, 0.05) is 10.0 Å². The van der Waals surface area contributed by atoms with E-state index in [0.29, 0.717) is 29.4 Å². The number of carbonyl (C=O) groups excluding carboxylic acids is 1. The van der Waals surface area contributed by atoms with Crippen molar-refractivity contribution in [2.45, 2.75) is 6.61 Å². The van der Waals surface area contributed by atoms with Crippen molar-refractivity contribution in [3.63, 3.8) is 0 Å². The summed E-state index contributed by atoms with van der Waals surface area (Å²) in [6.45, 7) is 0.391. The molecular weight excluding hydrogens is 572 g/mol. The highest BCUT2D eigenvalue weighted by Gasteiger charge is 2.22. The molecule has 0 saturated carbocycles. The van der Waals surface area contributed by atoms with Gasteiger partial charge in [0.15, 0.2) is 11.5 Å². The topological polar surface area (TPSA) is 44.8 Å². The average molecular weight is 592 g/mol. The first-order valence-corrected chi connectivity index (χ1v) is 12.5. The molecule has 0 radical (unpaired) electrons. The summed E-state index contributed by atoms with van der Waals surface area (Å²) in [5.41, 5.74) is 3.16. The Kier molecular flexibility index (Phi) is 6.75. The van der Waals surface area contributed by atoms with E-state index >= 15 is 0 Å². The minimum Gasteiger partial charge on any atom is -0.493 e. The van der Waals surface area contributed by atoms with Crippen LogP contribution in [0.5, 0.6) is 11.5 Å². The van der Waals surface area contributed by atoms with E-state index in [1.165, 1.54) is 5.39 Å². The van der Waals surface area contributed by atoms with Gasteiger partial charge in [0.2, 0.25) is 0 Å². The van der Waals surface area contributed by atoms with Crippen LogP contribution in [0.25, 0.3) is 22.6 Å². The third-order valence-electron chi connectivity index (χ3n) is 5.68. The van der Waals surface area contributed by atoms with Gasteiger partial charge in [-0.15, -0.1) is 0 Å². The highest BCUT2D eigenvalue weighted by Crippen LogP contribution is 2.39. The summed E-state index contributed by atoms with van der Waals surface area (Å²) in [6, 6.07) is 25.7. The van der Waals surface area contributed by atoms with E-state index < -0.39 is 5.97 Å².